The van der Waals surface area contributed by atoms with Gasteiger partial charge in [0.25, 0.3) is 0 Å². The zero-order valence-corrected chi connectivity index (χ0v) is 26.6. The smallest absolute Gasteiger partial charge is 0.305 e. The molecule has 10 nitrogen and oxygen atoms in total. The molecule has 0 heterocycles. The Labute approximate surface area is 249 Å². The summed E-state index contributed by atoms with van der Waals surface area (Å²) in [6, 6.07) is 0. The Morgan fingerprint density at radius 3 is 1.32 bits per heavy atom. The van der Waals surface area contributed by atoms with Crippen molar-refractivity contribution in [3.05, 3.63) is 0 Å². The molecule has 0 bridgehead atoms. The zero-order chi connectivity index (χ0) is 30.6. The lowest BCUT2D eigenvalue weighted by atomic mass is 10.2. The van der Waals surface area contributed by atoms with Crippen LogP contribution in [0.5, 0.6) is 0 Å². The Bertz CT molecular complexity index is 636. The van der Waals surface area contributed by atoms with E-state index >= 15 is 0 Å². The van der Waals surface area contributed by atoms with Gasteiger partial charge < -0.3 is 29.9 Å². The molecule has 0 radical (unpaired) electrons. The van der Waals surface area contributed by atoms with Crippen molar-refractivity contribution < 1.29 is 28.7 Å². The fraction of sp³-hybridized carbons (Fsp3) is 0.871. The maximum atomic E-state index is 12.1. The number of carbonyl (C=O) groups excluding carboxylic acids is 4. The first-order valence-corrected chi connectivity index (χ1v) is 16.0. The van der Waals surface area contributed by atoms with Crippen molar-refractivity contribution in [2.24, 2.45) is 0 Å². The molecule has 0 spiro atoms. The van der Waals surface area contributed by atoms with Crippen molar-refractivity contribution >= 4 is 23.8 Å². The number of rotatable bonds is 28. The molecule has 10 heteroatoms. The molecular weight excluding hydrogens is 524 g/mol. The molecule has 0 aliphatic carbocycles. The molecule has 0 aliphatic rings. The van der Waals surface area contributed by atoms with E-state index < -0.39 is 0 Å². The summed E-state index contributed by atoms with van der Waals surface area (Å²) in [6.07, 6.45) is 11.8. The summed E-state index contributed by atoms with van der Waals surface area (Å²) < 4.78 is 10.3. The minimum absolute atomic E-state index is 0.0591. The van der Waals surface area contributed by atoms with Gasteiger partial charge in [-0.3, -0.25) is 19.2 Å². The molecule has 0 aromatic rings. The first-order valence-electron chi connectivity index (χ1n) is 16.0. The third-order valence-corrected chi connectivity index (χ3v) is 6.80. The van der Waals surface area contributed by atoms with Crippen LogP contribution in [0, 0.1) is 0 Å². The third-order valence-electron chi connectivity index (χ3n) is 6.80. The number of ether oxygens (including phenoxy) is 2. The van der Waals surface area contributed by atoms with Crippen LogP contribution in [0.2, 0.25) is 0 Å². The Morgan fingerprint density at radius 2 is 0.927 bits per heavy atom. The van der Waals surface area contributed by atoms with Crippen molar-refractivity contribution in [2.45, 2.75) is 110 Å². The number of esters is 2. The molecule has 0 unspecified atom stereocenters. The summed E-state index contributed by atoms with van der Waals surface area (Å²) in [5.41, 5.74) is 0. The van der Waals surface area contributed by atoms with Crippen LogP contribution in [0.25, 0.3) is 0 Å². The van der Waals surface area contributed by atoms with Crippen LogP contribution in [0.3, 0.4) is 0 Å². The van der Waals surface area contributed by atoms with Gasteiger partial charge in [-0.15, -0.1) is 0 Å². The van der Waals surface area contributed by atoms with Gasteiger partial charge in [-0.25, -0.2) is 0 Å². The lowest BCUT2D eigenvalue weighted by molar-refractivity contribution is -0.144. The highest BCUT2D eigenvalue weighted by molar-refractivity contribution is 5.76. The standard InChI is InChI=1S/C31H60N4O6/c1-5-7-26-40-30(38)16-11-9-13-20-32-28(36)18-24-34(3)22-15-23-35(4)25-19-29(37)33-21-14-10-12-17-31(39)41-27-8-6-2/h5-27H2,1-4H3,(H,32,36)(H,33,37). The topological polar surface area (TPSA) is 117 Å². The molecule has 41 heavy (non-hydrogen) atoms. The molecule has 0 rings (SSSR count). The third kappa shape index (κ3) is 27.7. The number of unbranched alkanes of at least 4 members (excludes halogenated alkanes) is 6. The summed E-state index contributed by atoms with van der Waals surface area (Å²) in [5, 5.41) is 5.92. The second-order valence-corrected chi connectivity index (χ2v) is 10.9. The lowest BCUT2D eigenvalue weighted by Crippen LogP contribution is -2.32. The Kier molecular flexibility index (Phi) is 26.4. The minimum atomic E-state index is -0.125. The van der Waals surface area contributed by atoms with Crippen LogP contribution in [-0.4, -0.2) is 100 Å². The van der Waals surface area contributed by atoms with Gasteiger partial charge in [0.15, 0.2) is 0 Å². The zero-order valence-electron chi connectivity index (χ0n) is 26.6. The molecule has 0 aliphatic heterocycles. The lowest BCUT2D eigenvalue weighted by Gasteiger charge is -2.20. The minimum Gasteiger partial charge on any atom is -0.466 e. The summed E-state index contributed by atoms with van der Waals surface area (Å²) in [7, 11) is 4.05. The van der Waals surface area contributed by atoms with E-state index in [1.807, 2.05) is 14.1 Å². The molecule has 0 atom stereocenters. The van der Waals surface area contributed by atoms with E-state index in [1.54, 1.807) is 0 Å². The van der Waals surface area contributed by atoms with E-state index in [-0.39, 0.29) is 23.8 Å². The van der Waals surface area contributed by atoms with Gasteiger partial charge in [-0.1, -0.05) is 39.5 Å². The van der Waals surface area contributed by atoms with Gasteiger partial charge in [0.2, 0.25) is 11.8 Å². The van der Waals surface area contributed by atoms with Crippen LogP contribution >= 0.6 is 0 Å². The van der Waals surface area contributed by atoms with Crippen molar-refractivity contribution in [3.8, 4) is 0 Å². The average Bonchev–Trinajstić information content (AvgIpc) is 2.94. The summed E-state index contributed by atoms with van der Waals surface area (Å²) >= 11 is 0. The van der Waals surface area contributed by atoms with Gasteiger partial charge in [-0.05, 0) is 72.1 Å². The summed E-state index contributed by atoms with van der Waals surface area (Å²) in [5.74, 6) is -0.132. The maximum absolute atomic E-state index is 12.1. The fourth-order valence-electron chi connectivity index (χ4n) is 4.00. The summed E-state index contributed by atoms with van der Waals surface area (Å²) in [4.78, 5) is 51.6. The largest absolute Gasteiger partial charge is 0.466 e. The second kappa shape index (κ2) is 27.9. The highest BCUT2D eigenvalue weighted by atomic mass is 16.5. The average molecular weight is 585 g/mol. The van der Waals surface area contributed by atoms with Crippen molar-refractivity contribution in [3.63, 3.8) is 0 Å². The number of carbonyl (C=O) groups is 4. The van der Waals surface area contributed by atoms with E-state index in [0.717, 1.165) is 83.7 Å². The Hall–Kier alpha value is -2.20. The van der Waals surface area contributed by atoms with Crippen molar-refractivity contribution in [1.29, 1.82) is 0 Å². The SMILES string of the molecule is CCCCOC(=O)CCCCCNC(=O)CCN(C)CCCN(C)CCC(=O)NCCCCCC(=O)OCCCC. The molecule has 0 saturated carbocycles. The van der Waals surface area contributed by atoms with Crippen LogP contribution in [0.1, 0.15) is 110 Å². The predicted molar refractivity (Wildman–Crippen MR) is 164 cm³/mol. The fourth-order valence-corrected chi connectivity index (χ4v) is 4.00. The molecule has 0 aromatic heterocycles. The van der Waals surface area contributed by atoms with E-state index in [2.05, 4.69) is 34.3 Å². The number of nitrogens with zero attached hydrogens (tertiary/aromatic N) is 2. The summed E-state index contributed by atoms with van der Waals surface area (Å²) in [6.45, 7) is 9.65. The van der Waals surface area contributed by atoms with Crippen molar-refractivity contribution in [2.75, 3.05) is 66.6 Å². The predicted octanol–water partition coefficient (Wildman–Crippen LogP) is 4.06. The molecule has 2 amide bonds. The molecule has 2 N–H and O–H groups in total. The molecule has 0 saturated heterocycles. The van der Waals surface area contributed by atoms with E-state index in [4.69, 9.17) is 9.47 Å². The molecule has 240 valence electrons. The maximum Gasteiger partial charge on any atom is 0.305 e. The number of amides is 2. The number of hydrogen-bond donors (Lipinski definition) is 2. The van der Waals surface area contributed by atoms with Gasteiger partial charge in [-0.2, -0.15) is 0 Å². The highest BCUT2D eigenvalue weighted by Crippen LogP contribution is 2.03. The van der Waals surface area contributed by atoms with Crippen LogP contribution in [0.15, 0.2) is 0 Å². The van der Waals surface area contributed by atoms with Gasteiger partial charge in [0.05, 0.1) is 13.2 Å². The van der Waals surface area contributed by atoms with Crippen LogP contribution in [0.4, 0.5) is 0 Å². The number of hydrogen-bond acceptors (Lipinski definition) is 8. The van der Waals surface area contributed by atoms with Crippen LogP contribution in [-0.2, 0) is 28.7 Å². The highest BCUT2D eigenvalue weighted by Gasteiger charge is 2.08. The number of nitrogens with one attached hydrogen (secondary N) is 2. The van der Waals surface area contributed by atoms with E-state index in [9.17, 15) is 19.2 Å². The van der Waals surface area contributed by atoms with Gasteiger partial charge in [0, 0.05) is 51.9 Å². The molecule has 0 aromatic carbocycles. The first kappa shape index (κ1) is 38.8. The Balaban J connectivity index is 3.62. The van der Waals surface area contributed by atoms with Gasteiger partial charge in [0.1, 0.15) is 0 Å². The monoisotopic (exact) mass is 584 g/mol. The van der Waals surface area contributed by atoms with E-state index in [1.165, 1.54) is 0 Å². The quantitative estimate of drug-likeness (QED) is 0.104. The first-order chi connectivity index (χ1) is 19.8. The van der Waals surface area contributed by atoms with Crippen molar-refractivity contribution in [1.82, 2.24) is 20.4 Å². The normalized spacial score (nSPS) is 11.1. The van der Waals surface area contributed by atoms with Gasteiger partial charge >= 0.3 is 11.9 Å². The second-order valence-electron chi connectivity index (χ2n) is 10.9. The Morgan fingerprint density at radius 1 is 0.512 bits per heavy atom. The van der Waals surface area contributed by atoms with E-state index in [0.29, 0.717) is 65.1 Å². The van der Waals surface area contributed by atoms with Crippen LogP contribution < -0.4 is 10.6 Å². The molecular formula is C31H60N4O6. The molecule has 0 fully saturated rings.